The number of anilines is 2. The summed E-state index contributed by atoms with van der Waals surface area (Å²) in [6.45, 7) is 0. The molecule has 5 rings (SSSR count). The molecule has 0 atom stereocenters. The van der Waals surface area contributed by atoms with E-state index in [1.54, 1.807) is 17.7 Å². The standard InChI is InChI=1S/C16H14N6S/c1-2-9(3-1)15-21-13-14(17-8-18-16(13)23-15)20-11-4-5-12-10(6-11)7-19-22-12/h4-9H,1-3H2,(H,19,22)(H,17,18,20). The fourth-order valence-corrected chi connectivity index (χ4v) is 3.92. The van der Waals surface area contributed by atoms with Gasteiger partial charge in [-0.1, -0.05) is 17.8 Å². The van der Waals surface area contributed by atoms with Crippen LogP contribution in [0.2, 0.25) is 0 Å². The summed E-state index contributed by atoms with van der Waals surface area (Å²) < 4.78 is 0. The third-order valence-corrected chi connectivity index (χ3v) is 5.50. The van der Waals surface area contributed by atoms with E-state index < -0.39 is 0 Å². The molecule has 0 bridgehead atoms. The number of rotatable bonds is 3. The summed E-state index contributed by atoms with van der Waals surface area (Å²) in [6, 6.07) is 6.06. The molecule has 3 aromatic heterocycles. The molecule has 1 saturated carbocycles. The number of aromatic nitrogens is 5. The van der Waals surface area contributed by atoms with Gasteiger partial charge in [0.25, 0.3) is 0 Å². The van der Waals surface area contributed by atoms with E-state index in [9.17, 15) is 0 Å². The number of hydrogen-bond donors (Lipinski definition) is 2. The molecule has 0 unspecified atom stereocenters. The third-order valence-electron chi connectivity index (χ3n) is 4.37. The molecule has 2 N–H and O–H groups in total. The fourth-order valence-electron chi connectivity index (χ4n) is 2.85. The van der Waals surface area contributed by atoms with E-state index in [0.29, 0.717) is 5.92 Å². The first-order valence-electron chi connectivity index (χ1n) is 7.68. The van der Waals surface area contributed by atoms with E-state index in [-0.39, 0.29) is 0 Å². The molecule has 0 radical (unpaired) electrons. The molecular formula is C16H14N6S. The molecule has 1 aliphatic carbocycles. The van der Waals surface area contributed by atoms with Crippen molar-refractivity contribution in [1.82, 2.24) is 25.1 Å². The predicted octanol–water partition coefficient (Wildman–Crippen LogP) is 3.97. The monoisotopic (exact) mass is 322 g/mol. The highest BCUT2D eigenvalue weighted by Crippen LogP contribution is 2.40. The Hall–Kier alpha value is -2.54. The maximum atomic E-state index is 4.80. The Labute approximate surface area is 136 Å². The van der Waals surface area contributed by atoms with Crippen LogP contribution in [0.15, 0.2) is 30.7 Å². The van der Waals surface area contributed by atoms with Crippen LogP contribution in [0.25, 0.3) is 21.3 Å². The Morgan fingerprint density at radius 1 is 1.22 bits per heavy atom. The molecule has 114 valence electrons. The van der Waals surface area contributed by atoms with Gasteiger partial charge in [-0.2, -0.15) is 5.10 Å². The van der Waals surface area contributed by atoms with Crippen LogP contribution in [0.1, 0.15) is 30.2 Å². The van der Waals surface area contributed by atoms with E-state index in [1.807, 2.05) is 24.4 Å². The highest BCUT2D eigenvalue weighted by molar-refractivity contribution is 7.18. The summed E-state index contributed by atoms with van der Waals surface area (Å²) in [5.74, 6) is 1.38. The van der Waals surface area contributed by atoms with Gasteiger partial charge in [0.05, 0.1) is 16.7 Å². The second-order valence-electron chi connectivity index (χ2n) is 5.85. The lowest BCUT2D eigenvalue weighted by atomic mass is 9.86. The first kappa shape index (κ1) is 13.0. The van der Waals surface area contributed by atoms with Crippen LogP contribution >= 0.6 is 11.3 Å². The van der Waals surface area contributed by atoms with Crippen molar-refractivity contribution in [2.24, 2.45) is 0 Å². The van der Waals surface area contributed by atoms with Crippen molar-refractivity contribution in [3.8, 4) is 0 Å². The quantitative estimate of drug-likeness (QED) is 0.596. The van der Waals surface area contributed by atoms with Crippen LogP contribution in [-0.2, 0) is 0 Å². The van der Waals surface area contributed by atoms with Crippen LogP contribution in [0.3, 0.4) is 0 Å². The topological polar surface area (TPSA) is 79.4 Å². The maximum Gasteiger partial charge on any atom is 0.161 e. The van der Waals surface area contributed by atoms with Gasteiger partial charge in [0.15, 0.2) is 5.82 Å². The van der Waals surface area contributed by atoms with Crippen molar-refractivity contribution in [3.05, 3.63) is 35.7 Å². The third kappa shape index (κ3) is 2.16. The van der Waals surface area contributed by atoms with Crippen LogP contribution in [-0.4, -0.2) is 25.1 Å². The smallest absolute Gasteiger partial charge is 0.161 e. The Morgan fingerprint density at radius 3 is 3.04 bits per heavy atom. The number of nitrogens with zero attached hydrogens (tertiary/aromatic N) is 4. The van der Waals surface area contributed by atoms with Crippen molar-refractivity contribution in [2.75, 3.05) is 5.32 Å². The van der Waals surface area contributed by atoms with E-state index in [2.05, 4.69) is 25.5 Å². The minimum Gasteiger partial charge on any atom is -0.338 e. The zero-order chi connectivity index (χ0) is 15.2. The number of hydrogen-bond acceptors (Lipinski definition) is 6. The van der Waals surface area contributed by atoms with Crippen molar-refractivity contribution in [2.45, 2.75) is 25.2 Å². The number of H-pyrrole nitrogens is 1. The SMILES string of the molecule is c1nc(Nc2ccc3[nH]ncc3c2)c2nc(C3CCC3)sc2n1. The van der Waals surface area contributed by atoms with Crippen LogP contribution < -0.4 is 5.32 Å². The molecule has 4 aromatic rings. The summed E-state index contributed by atoms with van der Waals surface area (Å²) in [7, 11) is 0. The van der Waals surface area contributed by atoms with E-state index in [0.717, 1.165) is 32.8 Å². The van der Waals surface area contributed by atoms with Crippen molar-refractivity contribution in [1.29, 1.82) is 0 Å². The van der Waals surface area contributed by atoms with Gasteiger partial charge < -0.3 is 5.32 Å². The van der Waals surface area contributed by atoms with Gasteiger partial charge in [0.1, 0.15) is 16.7 Å². The summed E-state index contributed by atoms with van der Waals surface area (Å²) in [4.78, 5) is 14.5. The average molecular weight is 322 g/mol. The Balaban J connectivity index is 1.54. The second-order valence-corrected chi connectivity index (χ2v) is 6.86. The van der Waals surface area contributed by atoms with E-state index in [4.69, 9.17) is 4.98 Å². The molecule has 6 nitrogen and oxygen atoms in total. The van der Waals surface area contributed by atoms with Crippen molar-refractivity contribution in [3.63, 3.8) is 0 Å². The van der Waals surface area contributed by atoms with Crippen LogP contribution in [0.5, 0.6) is 0 Å². The minimum atomic E-state index is 0.615. The number of nitrogens with one attached hydrogen (secondary N) is 2. The van der Waals surface area contributed by atoms with Crippen molar-refractivity contribution >= 4 is 44.1 Å². The maximum absolute atomic E-state index is 4.80. The van der Waals surface area contributed by atoms with E-state index >= 15 is 0 Å². The zero-order valence-corrected chi connectivity index (χ0v) is 13.1. The predicted molar refractivity (Wildman–Crippen MR) is 91.2 cm³/mol. The number of fused-ring (bicyclic) bond motifs is 2. The van der Waals surface area contributed by atoms with Gasteiger partial charge in [-0.05, 0) is 31.0 Å². The van der Waals surface area contributed by atoms with Gasteiger partial charge >= 0.3 is 0 Å². The van der Waals surface area contributed by atoms with Crippen LogP contribution in [0, 0.1) is 0 Å². The molecular weight excluding hydrogens is 308 g/mol. The largest absolute Gasteiger partial charge is 0.338 e. The molecule has 0 aliphatic heterocycles. The lowest BCUT2D eigenvalue weighted by Crippen LogP contribution is -2.07. The van der Waals surface area contributed by atoms with Gasteiger partial charge in [-0.3, -0.25) is 5.10 Å². The fraction of sp³-hybridized carbons (Fsp3) is 0.250. The van der Waals surface area contributed by atoms with Gasteiger partial charge in [-0.15, -0.1) is 0 Å². The lowest BCUT2D eigenvalue weighted by molar-refractivity contribution is 0.419. The lowest BCUT2D eigenvalue weighted by Gasteiger charge is -2.22. The number of thiazole rings is 1. The normalized spacial score (nSPS) is 15.1. The summed E-state index contributed by atoms with van der Waals surface area (Å²) in [5, 5.41) is 12.6. The molecule has 1 aromatic carbocycles. The number of aromatic amines is 1. The first-order chi connectivity index (χ1) is 11.4. The van der Waals surface area contributed by atoms with Crippen LogP contribution in [0.4, 0.5) is 11.5 Å². The van der Waals surface area contributed by atoms with Gasteiger partial charge in [0.2, 0.25) is 0 Å². The Bertz CT molecular complexity index is 1000. The molecule has 0 amide bonds. The summed E-state index contributed by atoms with van der Waals surface area (Å²) >= 11 is 1.69. The van der Waals surface area contributed by atoms with E-state index in [1.165, 1.54) is 24.3 Å². The molecule has 0 spiro atoms. The highest BCUT2D eigenvalue weighted by Gasteiger charge is 2.24. The molecule has 3 heterocycles. The summed E-state index contributed by atoms with van der Waals surface area (Å²) in [6.07, 6.45) is 7.21. The number of benzene rings is 1. The second kappa shape index (κ2) is 4.99. The molecule has 23 heavy (non-hydrogen) atoms. The Kier molecular flexibility index (Phi) is 2.81. The Morgan fingerprint density at radius 2 is 2.17 bits per heavy atom. The minimum absolute atomic E-state index is 0.615. The van der Waals surface area contributed by atoms with Gasteiger partial charge in [-0.25, -0.2) is 15.0 Å². The first-order valence-corrected chi connectivity index (χ1v) is 8.50. The van der Waals surface area contributed by atoms with Gasteiger partial charge in [0, 0.05) is 17.0 Å². The highest BCUT2D eigenvalue weighted by atomic mass is 32.1. The van der Waals surface area contributed by atoms with Crippen molar-refractivity contribution < 1.29 is 0 Å². The zero-order valence-electron chi connectivity index (χ0n) is 12.3. The molecule has 1 fully saturated rings. The summed E-state index contributed by atoms with van der Waals surface area (Å²) in [5.41, 5.74) is 2.85. The molecule has 1 aliphatic rings. The molecule has 7 heteroatoms. The molecule has 0 saturated heterocycles. The average Bonchev–Trinajstić information content (AvgIpc) is 3.11.